The largest absolute Gasteiger partial charge is 0.462 e. The minimum Gasteiger partial charge on any atom is -0.462 e. The molecule has 1 unspecified atom stereocenters. The normalized spacial score (nSPS) is 12.5. The van der Waals surface area contributed by atoms with E-state index in [0.29, 0.717) is 19.3 Å². The lowest BCUT2D eigenvalue weighted by atomic mass is 10.0. The maximum atomic E-state index is 12.9. The molecule has 0 radical (unpaired) electrons. The molecule has 0 aromatic rings. The Labute approximate surface area is 472 Å². The van der Waals surface area contributed by atoms with E-state index in [-0.39, 0.29) is 37.5 Å². The maximum Gasteiger partial charge on any atom is 0.306 e. The van der Waals surface area contributed by atoms with Crippen molar-refractivity contribution < 1.29 is 28.6 Å². The van der Waals surface area contributed by atoms with E-state index in [9.17, 15) is 14.4 Å². The van der Waals surface area contributed by atoms with E-state index in [2.05, 4.69) is 93.7 Å². The van der Waals surface area contributed by atoms with Crippen molar-refractivity contribution in [2.45, 2.75) is 341 Å². The van der Waals surface area contributed by atoms with E-state index < -0.39 is 6.10 Å². The quantitative estimate of drug-likeness (QED) is 0.0261. The monoisotopic (exact) mass is 1060 g/mol. The van der Waals surface area contributed by atoms with Gasteiger partial charge in [-0.1, -0.05) is 318 Å². The molecule has 0 N–H and O–H groups in total. The van der Waals surface area contributed by atoms with Gasteiger partial charge >= 0.3 is 17.9 Å². The standard InChI is InChI=1S/C70H124O6/c1-4-7-10-13-16-19-22-25-28-30-32-34-35-37-38-40-42-45-48-51-54-57-60-63-69(72)75-66-67(65-74-68(71)62-59-56-53-50-47-44-27-24-21-18-15-12-9-6-3)76-70(73)64-61-58-55-52-49-46-43-41-39-36-33-31-29-26-23-20-17-14-11-8-5-2/h8,11,17,20,26,29,33,36,41,43,49,52,67H,4-7,9-10,12-16,18-19,21-25,27-28,30-32,34-35,37-40,42,44-48,50-51,53-66H2,1-3H3/b11-8-,20-17-,29-26-,36-33-,43-41-,52-49-. The lowest BCUT2D eigenvalue weighted by molar-refractivity contribution is -0.167. The summed E-state index contributed by atoms with van der Waals surface area (Å²) >= 11 is 0. The van der Waals surface area contributed by atoms with Crippen LogP contribution in [0.2, 0.25) is 0 Å². The van der Waals surface area contributed by atoms with Crippen LogP contribution >= 0.6 is 0 Å². The second-order valence-corrected chi connectivity index (χ2v) is 22.0. The molecule has 1 atom stereocenters. The summed E-state index contributed by atoms with van der Waals surface area (Å²) < 4.78 is 16.9. The number of carbonyl (C=O) groups is 3. The molecule has 0 aliphatic heterocycles. The number of hydrogen-bond acceptors (Lipinski definition) is 6. The SMILES string of the molecule is CC/C=C\C/C=C\C/C=C\C/C=C\C/C=C\C/C=C\CCCCC(=O)OC(COC(=O)CCCCCCCCCCCCCCCC)COC(=O)CCCCCCCCCCCCCCCCCCCCCCCCC. The van der Waals surface area contributed by atoms with Gasteiger partial charge in [0.15, 0.2) is 6.10 Å². The Balaban J connectivity index is 4.37. The second-order valence-electron chi connectivity index (χ2n) is 22.0. The topological polar surface area (TPSA) is 78.9 Å². The fraction of sp³-hybridized carbons (Fsp3) is 0.786. The van der Waals surface area contributed by atoms with Crippen molar-refractivity contribution in [3.05, 3.63) is 72.9 Å². The summed E-state index contributed by atoms with van der Waals surface area (Å²) in [5, 5.41) is 0. The summed E-state index contributed by atoms with van der Waals surface area (Å²) in [6.45, 7) is 6.54. The molecule has 76 heavy (non-hydrogen) atoms. The molecular weight excluding hydrogens is 937 g/mol. The summed E-state index contributed by atoms with van der Waals surface area (Å²) in [5.41, 5.74) is 0. The summed E-state index contributed by atoms with van der Waals surface area (Å²) in [7, 11) is 0. The predicted molar refractivity (Wildman–Crippen MR) is 330 cm³/mol. The van der Waals surface area contributed by atoms with Crippen LogP contribution in [0.1, 0.15) is 335 Å². The lowest BCUT2D eigenvalue weighted by Gasteiger charge is -2.18. The molecule has 0 saturated carbocycles. The lowest BCUT2D eigenvalue weighted by Crippen LogP contribution is -2.30. The molecule has 0 fully saturated rings. The Bertz CT molecular complexity index is 1400. The number of unbranched alkanes of at least 4 members (excludes halogenated alkanes) is 37. The highest BCUT2D eigenvalue weighted by atomic mass is 16.6. The van der Waals surface area contributed by atoms with Crippen molar-refractivity contribution in [3.8, 4) is 0 Å². The zero-order chi connectivity index (χ0) is 55.0. The minimum absolute atomic E-state index is 0.0887. The molecule has 0 rings (SSSR count). The second kappa shape index (κ2) is 64.4. The van der Waals surface area contributed by atoms with E-state index in [1.807, 2.05) is 0 Å². The van der Waals surface area contributed by atoms with Crippen LogP contribution < -0.4 is 0 Å². The average Bonchev–Trinajstić information content (AvgIpc) is 3.42. The third-order valence-electron chi connectivity index (χ3n) is 14.5. The van der Waals surface area contributed by atoms with Crippen molar-refractivity contribution in [2.75, 3.05) is 13.2 Å². The first-order valence-corrected chi connectivity index (χ1v) is 32.9. The molecule has 0 aliphatic carbocycles. The number of hydrogen-bond donors (Lipinski definition) is 0. The van der Waals surface area contributed by atoms with Crippen molar-refractivity contribution >= 4 is 17.9 Å². The first-order chi connectivity index (χ1) is 37.5. The summed E-state index contributed by atoms with van der Waals surface area (Å²) in [5.74, 6) is -0.913. The van der Waals surface area contributed by atoms with Gasteiger partial charge in [0, 0.05) is 19.3 Å². The molecule has 0 saturated heterocycles. The maximum absolute atomic E-state index is 12.9. The van der Waals surface area contributed by atoms with Gasteiger partial charge in [-0.25, -0.2) is 0 Å². The van der Waals surface area contributed by atoms with Gasteiger partial charge in [0.25, 0.3) is 0 Å². The van der Waals surface area contributed by atoms with Gasteiger partial charge in [0.2, 0.25) is 0 Å². The highest BCUT2D eigenvalue weighted by Crippen LogP contribution is 2.18. The Morgan fingerprint density at radius 1 is 0.276 bits per heavy atom. The van der Waals surface area contributed by atoms with E-state index in [1.165, 1.54) is 199 Å². The van der Waals surface area contributed by atoms with E-state index >= 15 is 0 Å². The number of rotatable bonds is 60. The summed E-state index contributed by atoms with van der Waals surface area (Å²) in [4.78, 5) is 38.3. The van der Waals surface area contributed by atoms with Crippen molar-refractivity contribution in [3.63, 3.8) is 0 Å². The van der Waals surface area contributed by atoms with Crippen LogP contribution in [0.5, 0.6) is 0 Å². The molecule has 0 heterocycles. The zero-order valence-corrected chi connectivity index (χ0v) is 50.5. The van der Waals surface area contributed by atoms with E-state index in [0.717, 1.165) is 89.9 Å². The zero-order valence-electron chi connectivity index (χ0n) is 50.5. The van der Waals surface area contributed by atoms with Gasteiger partial charge in [0.05, 0.1) is 0 Å². The fourth-order valence-electron chi connectivity index (χ4n) is 9.57. The summed E-state index contributed by atoms with van der Waals surface area (Å²) in [6, 6.07) is 0. The molecule has 0 aromatic heterocycles. The van der Waals surface area contributed by atoms with Gasteiger partial charge in [0.1, 0.15) is 13.2 Å². The van der Waals surface area contributed by atoms with Crippen LogP contribution in [0.15, 0.2) is 72.9 Å². The van der Waals surface area contributed by atoms with Gasteiger partial charge in [-0.05, 0) is 70.6 Å². The minimum atomic E-state index is -0.797. The third-order valence-corrected chi connectivity index (χ3v) is 14.5. The van der Waals surface area contributed by atoms with E-state index in [1.54, 1.807) is 0 Å². The smallest absolute Gasteiger partial charge is 0.306 e. The number of esters is 3. The van der Waals surface area contributed by atoms with Crippen LogP contribution in [0.25, 0.3) is 0 Å². The number of allylic oxidation sites excluding steroid dienone is 12. The van der Waals surface area contributed by atoms with Crippen LogP contribution in [0, 0.1) is 0 Å². The van der Waals surface area contributed by atoms with E-state index in [4.69, 9.17) is 14.2 Å². The molecule has 0 aromatic carbocycles. The highest BCUT2D eigenvalue weighted by Gasteiger charge is 2.19. The van der Waals surface area contributed by atoms with Crippen LogP contribution in [0.4, 0.5) is 0 Å². The molecule has 0 aliphatic rings. The van der Waals surface area contributed by atoms with Gasteiger partial charge in [-0.3, -0.25) is 14.4 Å². The number of ether oxygens (including phenoxy) is 3. The van der Waals surface area contributed by atoms with Crippen LogP contribution in [-0.4, -0.2) is 37.2 Å². The van der Waals surface area contributed by atoms with Crippen LogP contribution in [0.3, 0.4) is 0 Å². The van der Waals surface area contributed by atoms with Crippen molar-refractivity contribution in [2.24, 2.45) is 0 Å². The summed E-state index contributed by atoms with van der Waals surface area (Å²) in [6.07, 6.45) is 83.5. The molecule has 440 valence electrons. The number of carbonyl (C=O) groups excluding carboxylic acids is 3. The van der Waals surface area contributed by atoms with Gasteiger partial charge < -0.3 is 14.2 Å². The first-order valence-electron chi connectivity index (χ1n) is 32.9. The molecule has 0 bridgehead atoms. The van der Waals surface area contributed by atoms with Crippen molar-refractivity contribution in [1.29, 1.82) is 0 Å². The molecule has 0 spiro atoms. The molecule has 6 nitrogen and oxygen atoms in total. The Morgan fingerprint density at radius 3 is 0.803 bits per heavy atom. The van der Waals surface area contributed by atoms with Gasteiger partial charge in [-0.15, -0.1) is 0 Å². The Morgan fingerprint density at radius 2 is 0.513 bits per heavy atom. The highest BCUT2D eigenvalue weighted by molar-refractivity contribution is 5.71. The fourth-order valence-corrected chi connectivity index (χ4v) is 9.57. The average molecular weight is 1060 g/mol. The third kappa shape index (κ3) is 61.7. The molecular formula is C70H124O6. The Kier molecular flexibility index (Phi) is 61.7. The first kappa shape index (κ1) is 72.8. The van der Waals surface area contributed by atoms with Crippen molar-refractivity contribution in [1.82, 2.24) is 0 Å². The predicted octanol–water partition coefficient (Wildman–Crippen LogP) is 22.5. The molecule has 6 heteroatoms. The van der Waals surface area contributed by atoms with Gasteiger partial charge in [-0.2, -0.15) is 0 Å². The molecule has 0 amide bonds. The van der Waals surface area contributed by atoms with Crippen LogP contribution in [-0.2, 0) is 28.6 Å². The Hall–Kier alpha value is -3.15.